The molecule has 0 saturated carbocycles. The quantitative estimate of drug-likeness (QED) is 0.800. The van der Waals surface area contributed by atoms with Crippen LogP contribution < -0.4 is 15.8 Å². The maximum Gasteiger partial charge on any atom is 0.260 e. The molecule has 3 N–H and O–H groups in total. The first kappa shape index (κ1) is 17.9. The van der Waals surface area contributed by atoms with Gasteiger partial charge < -0.3 is 20.4 Å². The van der Waals surface area contributed by atoms with Gasteiger partial charge >= 0.3 is 0 Å². The monoisotopic (exact) mass is 346 g/mol. The summed E-state index contributed by atoms with van der Waals surface area (Å²) >= 11 is 0. The smallest absolute Gasteiger partial charge is 0.260 e. The molecule has 0 atom stereocenters. The van der Waals surface area contributed by atoms with Gasteiger partial charge in [0.15, 0.2) is 5.82 Å². The average Bonchev–Trinajstić information content (AvgIpc) is 2.96. The number of hydrogen-bond donors (Lipinski definition) is 2. The van der Waals surface area contributed by atoms with E-state index < -0.39 is 0 Å². The third-order valence-corrected chi connectivity index (χ3v) is 4.74. The molecule has 0 aromatic carbocycles. The lowest BCUT2D eigenvalue weighted by atomic mass is 9.98. The minimum Gasteiger partial charge on any atom is -0.472 e. The molecule has 25 heavy (non-hydrogen) atoms. The Labute approximate surface area is 149 Å². The number of ether oxygens (including phenoxy) is 1. The first-order valence-corrected chi connectivity index (χ1v) is 9.48. The first-order valence-electron chi connectivity index (χ1n) is 9.48. The van der Waals surface area contributed by atoms with Crippen molar-refractivity contribution < 1.29 is 4.74 Å². The Morgan fingerprint density at radius 2 is 2.04 bits per heavy atom. The molecule has 1 saturated heterocycles. The van der Waals surface area contributed by atoms with E-state index in [1.165, 1.54) is 12.8 Å². The lowest BCUT2D eigenvalue weighted by Gasteiger charge is -2.24. The zero-order valence-electron chi connectivity index (χ0n) is 15.6. The summed E-state index contributed by atoms with van der Waals surface area (Å²) in [6.07, 6.45) is 5.58. The van der Waals surface area contributed by atoms with E-state index in [2.05, 4.69) is 27.0 Å². The van der Waals surface area contributed by atoms with Crippen LogP contribution in [0.5, 0.6) is 5.88 Å². The summed E-state index contributed by atoms with van der Waals surface area (Å²) < 4.78 is 8.22. The zero-order chi connectivity index (χ0) is 17.8. The minimum atomic E-state index is 0.0300. The van der Waals surface area contributed by atoms with E-state index in [4.69, 9.17) is 15.5 Å². The van der Waals surface area contributed by atoms with Crippen molar-refractivity contribution in [3.8, 4) is 5.88 Å². The normalized spacial score (nSPS) is 16.0. The second kappa shape index (κ2) is 7.99. The Morgan fingerprint density at radius 3 is 2.72 bits per heavy atom. The van der Waals surface area contributed by atoms with Crippen molar-refractivity contribution >= 4 is 16.9 Å². The Kier molecular flexibility index (Phi) is 5.73. The Hall–Kier alpha value is -1.89. The fraction of sp³-hybridized carbons (Fsp3) is 0.722. The number of aryl methyl sites for hydroxylation is 1. The molecule has 0 spiro atoms. The number of nitrogens with two attached hydrogens (primary N) is 1. The largest absolute Gasteiger partial charge is 0.472 e. The van der Waals surface area contributed by atoms with Crippen molar-refractivity contribution in [3.63, 3.8) is 0 Å². The molecule has 0 aliphatic carbocycles. The van der Waals surface area contributed by atoms with E-state index in [-0.39, 0.29) is 6.10 Å². The van der Waals surface area contributed by atoms with Crippen LogP contribution in [-0.2, 0) is 13.0 Å². The molecule has 138 valence electrons. The molecule has 1 fully saturated rings. The molecule has 0 radical (unpaired) electrons. The summed E-state index contributed by atoms with van der Waals surface area (Å²) in [6, 6.07) is 0. The number of nitrogen functional groups attached to an aromatic ring is 1. The van der Waals surface area contributed by atoms with Crippen LogP contribution in [0.3, 0.4) is 0 Å². The number of anilines is 1. The van der Waals surface area contributed by atoms with Gasteiger partial charge in [0.1, 0.15) is 16.9 Å². The van der Waals surface area contributed by atoms with E-state index in [1.807, 2.05) is 13.8 Å². The predicted octanol–water partition coefficient (Wildman–Crippen LogP) is 2.54. The van der Waals surface area contributed by atoms with E-state index in [1.54, 1.807) is 0 Å². The number of piperidine rings is 1. The number of hydrogen-bond acceptors (Lipinski definition) is 6. The van der Waals surface area contributed by atoms with Crippen molar-refractivity contribution in [1.29, 1.82) is 0 Å². The summed E-state index contributed by atoms with van der Waals surface area (Å²) in [5, 5.41) is 11.7. The highest BCUT2D eigenvalue weighted by Crippen LogP contribution is 2.30. The van der Waals surface area contributed by atoms with E-state index in [0.717, 1.165) is 55.8 Å². The van der Waals surface area contributed by atoms with Gasteiger partial charge in [0.25, 0.3) is 5.88 Å². The molecule has 0 bridgehead atoms. The van der Waals surface area contributed by atoms with Crippen LogP contribution >= 0.6 is 0 Å². The van der Waals surface area contributed by atoms with E-state index in [0.29, 0.717) is 17.6 Å². The number of unbranched alkanes of at least 4 members (excludes halogenated alkanes) is 1. The molecule has 3 rings (SSSR count). The number of aromatic nitrogens is 4. The van der Waals surface area contributed by atoms with Gasteiger partial charge in [-0.05, 0) is 52.1 Å². The SMILES string of the molecule is CCCCc1nc2c(N)nnc(OC(C)C)c2n1CC1CCNCC1. The summed E-state index contributed by atoms with van der Waals surface area (Å²) in [6.45, 7) is 9.30. The lowest BCUT2D eigenvalue weighted by molar-refractivity contribution is 0.232. The zero-order valence-corrected chi connectivity index (χ0v) is 15.6. The standard InChI is InChI=1S/C18H30N6O/c1-4-5-6-14-21-15-16(18(25-12(2)3)23-22-17(15)19)24(14)11-13-7-9-20-10-8-13/h12-13,20H,4-11H2,1-3H3,(H2,19,22). The van der Waals surface area contributed by atoms with E-state index in [9.17, 15) is 0 Å². The van der Waals surface area contributed by atoms with Gasteiger partial charge in [-0.25, -0.2) is 4.98 Å². The van der Waals surface area contributed by atoms with Crippen molar-refractivity contribution in [2.75, 3.05) is 18.8 Å². The van der Waals surface area contributed by atoms with Crippen molar-refractivity contribution in [3.05, 3.63) is 5.82 Å². The number of imidazole rings is 1. The molecule has 0 unspecified atom stereocenters. The minimum absolute atomic E-state index is 0.0300. The summed E-state index contributed by atoms with van der Waals surface area (Å²) in [5.74, 6) is 2.64. The third-order valence-electron chi connectivity index (χ3n) is 4.74. The van der Waals surface area contributed by atoms with Crippen molar-refractivity contribution in [2.45, 2.75) is 65.5 Å². The van der Waals surface area contributed by atoms with Gasteiger partial charge in [0.2, 0.25) is 0 Å². The van der Waals surface area contributed by atoms with Crippen LogP contribution in [0.4, 0.5) is 5.82 Å². The van der Waals surface area contributed by atoms with Crippen LogP contribution in [0.2, 0.25) is 0 Å². The van der Waals surface area contributed by atoms with Gasteiger partial charge in [-0.15, -0.1) is 10.2 Å². The van der Waals surface area contributed by atoms with Crippen LogP contribution in [-0.4, -0.2) is 38.9 Å². The van der Waals surface area contributed by atoms with Crippen molar-refractivity contribution in [1.82, 2.24) is 25.1 Å². The van der Waals surface area contributed by atoms with Gasteiger partial charge in [0.05, 0.1) is 6.10 Å². The molecule has 7 heteroatoms. The van der Waals surface area contributed by atoms with Crippen LogP contribution in [0.25, 0.3) is 11.0 Å². The van der Waals surface area contributed by atoms with Gasteiger partial charge in [0, 0.05) is 13.0 Å². The molecular weight excluding hydrogens is 316 g/mol. The molecule has 1 aliphatic rings. The maximum absolute atomic E-state index is 6.08. The molecular formula is C18H30N6O. The van der Waals surface area contributed by atoms with E-state index >= 15 is 0 Å². The van der Waals surface area contributed by atoms with Crippen LogP contribution in [0, 0.1) is 5.92 Å². The highest BCUT2D eigenvalue weighted by Gasteiger charge is 2.23. The Morgan fingerprint density at radius 1 is 1.28 bits per heavy atom. The lowest BCUT2D eigenvalue weighted by Crippen LogP contribution is -2.30. The second-order valence-electron chi connectivity index (χ2n) is 7.19. The van der Waals surface area contributed by atoms with Gasteiger partial charge in [-0.2, -0.15) is 0 Å². The van der Waals surface area contributed by atoms with Gasteiger partial charge in [-0.3, -0.25) is 0 Å². The summed E-state index contributed by atoms with van der Waals surface area (Å²) in [7, 11) is 0. The summed E-state index contributed by atoms with van der Waals surface area (Å²) in [4.78, 5) is 4.82. The van der Waals surface area contributed by atoms with Crippen LogP contribution in [0.15, 0.2) is 0 Å². The number of fused-ring (bicyclic) bond motifs is 1. The average molecular weight is 346 g/mol. The molecule has 7 nitrogen and oxygen atoms in total. The fourth-order valence-corrected chi connectivity index (χ4v) is 3.44. The molecule has 3 heterocycles. The Balaban J connectivity index is 2.05. The predicted molar refractivity (Wildman–Crippen MR) is 99.7 cm³/mol. The Bertz CT molecular complexity index is 705. The number of nitrogens with one attached hydrogen (secondary N) is 1. The third kappa shape index (κ3) is 4.03. The highest BCUT2D eigenvalue weighted by atomic mass is 16.5. The van der Waals surface area contributed by atoms with Crippen molar-refractivity contribution in [2.24, 2.45) is 5.92 Å². The second-order valence-corrected chi connectivity index (χ2v) is 7.19. The fourth-order valence-electron chi connectivity index (χ4n) is 3.44. The topological polar surface area (TPSA) is 90.9 Å². The molecule has 2 aromatic rings. The maximum atomic E-state index is 6.08. The first-order chi connectivity index (χ1) is 12.1. The van der Waals surface area contributed by atoms with Gasteiger partial charge in [-0.1, -0.05) is 13.3 Å². The highest BCUT2D eigenvalue weighted by molar-refractivity contribution is 5.88. The number of nitrogens with zero attached hydrogens (tertiary/aromatic N) is 4. The molecule has 2 aromatic heterocycles. The van der Waals surface area contributed by atoms with Crippen LogP contribution in [0.1, 0.15) is 52.3 Å². The molecule has 0 amide bonds. The molecule has 1 aliphatic heterocycles. The number of rotatable bonds is 7. The summed E-state index contributed by atoms with van der Waals surface area (Å²) in [5.41, 5.74) is 7.72.